The second kappa shape index (κ2) is 6.16. The van der Waals surface area contributed by atoms with E-state index >= 15 is 0 Å². The van der Waals surface area contributed by atoms with Gasteiger partial charge in [-0.2, -0.15) is 4.98 Å². The first-order chi connectivity index (χ1) is 11.7. The number of ether oxygens (including phenoxy) is 1. The molecule has 24 heavy (non-hydrogen) atoms. The molecule has 6 nitrogen and oxygen atoms in total. The van der Waals surface area contributed by atoms with Gasteiger partial charge in [0.2, 0.25) is 0 Å². The lowest BCUT2D eigenvalue weighted by Gasteiger charge is -2.24. The highest BCUT2D eigenvalue weighted by Crippen LogP contribution is 2.27. The third-order valence-electron chi connectivity index (χ3n) is 3.86. The largest absolute Gasteiger partial charge is 0.460 e. The minimum atomic E-state index is -0.478. The van der Waals surface area contributed by atoms with Gasteiger partial charge in [-0.3, -0.25) is 0 Å². The molecule has 0 spiro atoms. The fraction of sp³-hybridized carbons (Fsp3) is 0.250. The molecule has 0 bridgehead atoms. The number of fused-ring (bicyclic) bond motifs is 1. The quantitative estimate of drug-likeness (QED) is 0.773. The summed E-state index contributed by atoms with van der Waals surface area (Å²) in [4.78, 5) is 16.9. The molecule has 1 fully saturated rings. The maximum absolute atomic E-state index is 13.3. The van der Waals surface area contributed by atoms with Crippen LogP contribution >= 0.6 is 11.6 Å². The summed E-state index contributed by atoms with van der Waals surface area (Å²) >= 11 is 5.81. The Hall–Kier alpha value is -2.54. The maximum Gasteiger partial charge on any atom is 0.317 e. The van der Waals surface area contributed by atoms with Crippen LogP contribution in [0.25, 0.3) is 11.0 Å². The van der Waals surface area contributed by atoms with E-state index in [9.17, 15) is 4.39 Å². The highest BCUT2D eigenvalue weighted by Gasteiger charge is 2.20. The molecule has 0 amide bonds. The first kappa shape index (κ1) is 15.0. The van der Waals surface area contributed by atoms with Gasteiger partial charge in [0.05, 0.1) is 11.2 Å². The number of anilines is 2. The Labute approximate surface area is 142 Å². The standard InChI is InChI=1S/C16H13ClFN5O/c17-11-6-9(4-5-12(11)18)22-15-14-13(20-8-21-15)7-19-16(23-14)24-10-2-1-3-10/h4-8,10H,1-3H2,(H,20,21,22). The zero-order valence-corrected chi connectivity index (χ0v) is 13.3. The Balaban J connectivity index is 1.67. The van der Waals surface area contributed by atoms with E-state index in [-0.39, 0.29) is 11.1 Å². The van der Waals surface area contributed by atoms with E-state index in [1.165, 1.54) is 24.9 Å². The van der Waals surface area contributed by atoms with Crippen LogP contribution in [0.2, 0.25) is 5.02 Å². The fourth-order valence-corrected chi connectivity index (χ4v) is 2.52. The number of rotatable bonds is 4. The lowest BCUT2D eigenvalue weighted by Crippen LogP contribution is -2.25. The van der Waals surface area contributed by atoms with Crippen LogP contribution in [-0.2, 0) is 0 Å². The van der Waals surface area contributed by atoms with Crippen LogP contribution in [0.3, 0.4) is 0 Å². The zero-order valence-electron chi connectivity index (χ0n) is 12.5. The van der Waals surface area contributed by atoms with Gasteiger partial charge < -0.3 is 10.1 Å². The number of nitrogens with one attached hydrogen (secondary N) is 1. The van der Waals surface area contributed by atoms with Crippen LogP contribution in [0.15, 0.2) is 30.7 Å². The van der Waals surface area contributed by atoms with Crippen LogP contribution in [-0.4, -0.2) is 26.0 Å². The molecule has 0 unspecified atom stereocenters. The number of nitrogens with zero attached hydrogens (tertiary/aromatic N) is 4. The Morgan fingerprint density at radius 3 is 2.83 bits per heavy atom. The van der Waals surface area contributed by atoms with Gasteiger partial charge >= 0.3 is 6.01 Å². The molecule has 2 aromatic heterocycles. The number of hydrogen-bond acceptors (Lipinski definition) is 6. The molecule has 0 radical (unpaired) electrons. The monoisotopic (exact) mass is 345 g/mol. The summed E-state index contributed by atoms with van der Waals surface area (Å²) in [5.74, 6) is -0.00296. The molecule has 0 atom stereocenters. The highest BCUT2D eigenvalue weighted by molar-refractivity contribution is 6.31. The summed E-state index contributed by atoms with van der Waals surface area (Å²) in [6.07, 6.45) is 6.39. The van der Waals surface area contributed by atoms with E-state index in [0.29, 0.717) is 28.5 Å². The predicted octanol–water partition coefficient (Wildman–Crippen LogP) is 3.89. The molecule has 1 N–H and O–H groups in total. The lowest BCUT2D eigenvalue weighted by atomic mass is 9.96. The van der Waals surface area contributed by atoms with Gasteiger partial charge in [-0.1, -0.05) is 11.6 Å². The Morgan fingerprint density at radius 1 is 1.21 bits per heavy atom. The van der Waals surface area contributed by atoms with Crippen LogP contribution in [0, 0.1) is 5.82 Å². The van der Waals surface area contributed by atoms with Crippen LogP contribution in [0.1, 0.15) is 19.3 Å². The molecule has 0 aliphatic heterocycles. The molecule has 3 aromatic rings. The van der Waals surface area contributed by atoms with Crippen molar-refractivity contribution in [3.63, 3.8) is 0 Å². The zero-order chi connectivity index (χ0) is 16.5. The van der Waals surface area contributed by atoms with Gasteiger partial charge in [-0.25, -0.2) is 19.3 Å². The van der Waals surface area contributed by atoms with Gasteiger partial charge in [0.1, 0.15) is 29.3 Å². The van der Waals surface area contributed by atoms with E-state index in [1.807, 2.05) is 0 Å². The van der Waals surface area contributed by atoms with E-state index in [0.717, 1.165) is 12.8 Å². The minimum absolute atomic E-state index is 0.0296. The first-order valence-corrected chi connectivity index (χ1v) is 7.93. The lowest BCUT2D eigenvalue weighted by molar-refractivity contribution is 0.109. The number of hydrogen-bond donors (Lipinski definition) is 1. The average molecular weight is 346 g/mol. The van der Waals surface area contributed by atoms with Gasteiger partial charge in [0.25, 0.3) is 0 Å². The molecule has 4 rings (SSSR count). The molecule has 1 saturated carbocycles. The SMILES string of the molecule is Fc1ccc(Nc2ncnc3cnc(OC4CCC4)nc23)cc1Cl. The Kier molecular flexibility index (Phi) is 3.86. The van der Waals surface area contributed by atoms with Gasteiger partial charge in [-0.05, 0) is 37.5 Å². The third kappa shape index (κ3) is 2.94. The van der Waals surface area contributed by atoms with Crippen molar-refractivity contribution in [2.45, 2.75) is 25.4 Å². The molecular formula is C16H13ClFN5O. The fourth-order valence-electron chi connectivity index (χ4n) is 2.33. The molecule has 1 aliphatic carbocycles. The average Bonchev–Trinajstić information content (AvgIpc) is 2.55. The van der Waals surface area contributed by atoms with Crippen molar-refractivity contribution in [3.8, 4) is 6.01 Å². The van der Waals surface area contributed by atoms with E-state index in [2.05, 4.69) is 25.3 Å². The van der Waals surface area contributed by atoms with Gasteiger partial charge in [0, 0.05) is 5.69 Å². The summed E-state index contributed by atoms with van der Waals surface area (Å²) in [5.41, 5.74) is 1.71. The van der Waals surface area contributed by atoms with E-state index in [1.54, 1.807) is 12.3 Å². The van der Waals surface area contributed by atoms with Crippen molar-refractivity contribution < 1.29 is 9.13 Å². The molecular weight excluding hydrogens is 333 g/mol. The van der Waals surface area contributed by atoms with Gasteiger partial charge in [-0.15, -0.1) is 0 Å². The number of halogens is 2. The van der Waals surface area contributed by atoms with Crippen molar-refractivity contribution in [2.75, 3.05) is 5.32 Å². The van der Waals surface area contributed by atoms with E-state index in [4.69, 9.17) is 16.3 Å². The van der Waals surface area contributed by atoms with Crippen molar-refractivity contribution in [1.29, 1.82) is 0 Å². The molecule has 122 valence electrons. The van der Waals surface area contributed by atoms with Crippen LogP contribution < -0.4 is 10.1 Å². The highest BCUT2D eigenvalue weighted by atomic mass is 35.5. The third-order valence-corrected chi connectivity index (χ3v) is 4.15. The number of benzene rings is 1. The Morgan fingerprint density at radius 2 is 2.08 bits per heavy atom. The second-order valence-corrected chi connectivity index (χ2v) is 5.94. The van der Waals surface area contributed by atoms with Gasteiger partial charge in [0.15, 0.2) is 5.82 Å². The van der Waals surface area contributed by atoms with Crippen LogP contribution in [0.4, 0.5) is 15.9 Å². The predicted molar refractivity (Wildman–Crippen MR) is 88.1 cm³/mol. The molecule has 2 heterocycles. The van der Waals surface area contributed by atoms with Crippen molar-refractivity contribution in [3.05, 3.63) is 41.6 Å². The molecule has 1 aromatic carbocycles. The molecule has 1 aliphatic rings. The summed E-state index contributed by atoms with van der Waals surface area (Å²) in [5, 5.41) is 3.11. The maximum atomic E-state index is 13.3. The second-order valence-electron chi connectivity index (χ2n) is 5.53. The summed E-state index contributed by atoms with van der Waals surface area (Å²) in [7, 11) is 0. The summed E-state index contributed by atoms with van der Waals surface area (Å²) < 4.78 is 19.0. The van der Waals surface area contributed by atoms with Crippen molar-refractivity contribution in [2.24, 2.45) is 0 Å². The number of aromatic nitrogens is 4. The van der Waals surface area contributed by atoms with Crippen molar-refractivity contribution >= 4 is 34.1 Å². The topological polar surface area (TPSA) is 72.8 Å². The normalized spacial score (nSPS) is 14.4. The summed E-state index contributed by atoms with van der Waals surface area (Å²) in [6.45, 7) is 0. The first-order valence-electron chi connectivity index (χ1n) is 7.55. The summed E-state index contributed by atoms with van der Waals surface area (Å²) in [6, 6.07) is 4.65. The van der Waals surface area contributed by atoms with E-state index < -0.39 is 5.82 Å². The van der Waals surface area contributed by atoms with Crippen LogP contribution in [0.5, 0.6) is 6.01 Å². The minimum Gasteiger partial charge on any atom is -0.460 e. The Bertz CT molecular complexity index is 903. The van der Waals surface area contributed by atoms with Crippen molar-refractivity contribution in [1.82, 2.24) is 19.9 Å². The molecule has 8 heteroatoms. The smallest absolute Gasteiger partial charge is 0.317 e. The molecule has 0 saturated heterocycles.